The first-order valence-corrected chi connectivity index (χ1v) is 6.13. The van der Waals surface area contributed by atoms with Crippen molar-refractivity contribution < 1.29 is 4.79 Å². The molecule has 0 aromatic heterocycles. The van der Waals surface area contributed by atoms with Crippen molar-refractivity contribution in [3.8, 4) is 0 Å². The van der Waals surface area contributed by atoms with E-state index in [0.717, 1.165) is 23.5 Å². The van der Waals surface area contributed by atoms with Crippen molar-refractivity contribution in [1.82, 2.24) is 10.2 Å². The molecule has 1 amide bonds. The maximum atomic E-state index is 11.7. The molecule has 0 atom stereocenters. The first-order valence-electron chi connectivity index (χ1n) is 6.13. The van der Waals surface area contributed by atoms with E-state index in [1.54, 1.807) is 0 Å². The van der Waals surface area contributed by atoms with Crippen molar-refractivity contribution in [2.24, 2.45) is 0 Å². The zero-order valence-corrected chi connectivity index (χ0v) is 10.9. The summed E-state index contributed by atoms with van der Waals surface area (Å²) in [5.41, 5.74) is 3.16. The third kappa shape index (κ3) is 3.34. The zero-order chi connectivity index (χ0) is 13.0. The van der Waals surface area contributed by atoms with Gasteiger partial charge in [-0.3, -0.25) is 4.79 Å². The van der Waals surface area contributed by atoms with Gasteiger partial charge in [0.1, 0.15) is 0 Å². The van der Waals surface area contributed by atoms with Gasteiger partial charge in [-0.1, -0.05) is 18.2 Å². The van der Waals surface area contributed by atoms with E-state index in [9.17, 15) is 4.79 Å². The maximum Gasteiger partial charge on any atom is 0.225 e. The van der Waals surface area contributed by atoms with Gasteiger partial charge < -0.3 is 15.5 Å². The van der Waals surface area contributed by atoms with Crippen LogP contribution in [-0.4, -0.2) is 38.0 Å². The van der Waals surface area contributed by atoms with E-state index in [1.165, 1.54) is 0 Å². The Hall–Kier alpha value is -1.81. The molecule has 1 aromatic carbocycles. The summed E-state index contributed by atoms with van der Waals surface area (Å²) in [4.78, 5) is 13.7. The van der Waals surface area contributed by atoms with Crippen molar-refractivity contribution in [3.05, 3.63) is 35.5 Å². The largest absolute Gasteiger partial charge is 0.379 e. The van der Waals surface area contributed by atoms with Crippen molar-refractivity contribution in [2.75, 3.05) is 32.5 Å². The topological polar surface area (TPSA) is 44.4 Å². The predicted molar refractivity (Wildman–Crippen MR) is 74.2 cm³/mol. The van der Waals surface area contributed by atoms with E-state index < -0.39 is 0 Å². The molecular weight excluding hydrogens is 226 g/mol. The van der Waals surface area contributed by atoms with Gasteiger partial charge >= 0.3 is 0 Å². The normalized spacial score (nSPS) is 13.6. The Balaban J connectivity index is 1.95. The van der Waals surface area contributed by atoms with Crippen LogP contribution in [0.2, 0.25) is 0 Å². The van der Waals surface area contributed by atoms with E-state index in [4.69, 9.17) is 0 Å². The van der Waals surface area contributed by atoms with Gasteiger partial charge in [-0.25, -0.2) is 0 Å². The van der Waals surface area contributed by atoms with Crippen LogP contribution in [-0.2, 0) is 4.79 Å². The average molecular weight is 245 g/mol. The van der Waals surface area contributed by atoms with E-state index >= 15 is 0 Å². The van der Waals surface area contributed by atoms with Crippen LogP contribution in [0.4, 0.5) is 5.69 Å². The quantitative estimate of drug-likeness (QED) is 0.845. The van der Waals surface area contributed by atoms with Crippen molar-refractivity contribution >= 4 is 17.7 Å². The molecule has 1 heterocycles. The maximum absolute atomic E-state index is 11.7. The van der Waals surface area contributed by atoms with Gasteiger partial charge in [-0.15, -0.1) is 0 Å². The van der Waals surface area contributed by atoms with E-state index in [0.29, 0.717) is 13.0 Å². The molecule has 1 aliphatic heterocycles. The highest BCUT2D eigenvalue weighted by Gasteiger charge is 2.11. The number of nitrogens with zero attached hydrogens (tertiary/aromatic N) is 1. The lowest BCUT2D eigenvalue weighted by atomic mass is 10.1. The Labute approximate surface area is 108 Å². The molecule has 2 rings (SSSR count). The van der Waals surface area contributed by atoms with Gasteiger partial charge in [0, 0.05) is 24.4 Å². The van der Waals surface area contributed by atoms with Gasteiger partial charge in [-0.2, -0.15) is 0 Å². The Bertz CT molecular complexity index is 466. The lowest BCUT2D eigenvalue weighted by molar-refractivity contribution is -0.120. The minimum atomic E-state index is 0.0659. The standard InChI is InChI=1S/C14H19N3O/c1-17(2)8-7-14(18)16-12-9-11-5-3-4-6-13(11)15-10-12/h3-6,9,15H,7-8,10H2,1-2H3,(H,16,18). The number of nitrogens with one attached hydrogen (secondary N) is 2. The number of amides is 1. The van der Waals surface area contributed by atoms with Gasteiger partial charge in [0.15, 0.2) is 0 Å². The molecule has 0 saturated heterocycles. The Morgan fingerprint density at radius 1 is 1.39 bits per heavy atom. The highest BCUT2D eigenvalue weighted by atomic mass is 16.1. The fourth-order valence-corrected chi connectivity index (χ4v) is 1.86. The lowest BCUT2D eigenvalue weighted by Crippen LogP contribution is -2.30. The van der Waals surface area contributed by atoms with E-state index in [-0.39, 0.29) is 5.91 Å². The van der Waals surface area contributed by atoms with Crippen molar-refractivity contribution in [1.29, 1.82) is 0 Å². The Kier molecular flexibility index (Phi) is 3.99. The van der Waals surface area contributed by atoms with Gasteiger partial charge in [0.25, 0.3) is 0 Å². The summed E-state index contributed by atoms with van der Waals surface area (Å²) in [6.07, 6.45) is 2.55. The second kappa shape index (κ2) is 5.69. The fraction of sp³-hybridized carbons (Fsp3) is 0.357. The number of rotatable bonds is 4. The minimum absolute atomic E-state index is 0.0659. The van der Waals surface area contributed by atoms with Crippen LogP contribution in [0.3, 0.4) is 0 Å². The number of benzene rings is 1. The van der Waals surface area contributed by atoms with Crippen LogP contribution in [0.5, 0.6) is 0 Å². The average Bonchev–Trinajstić information content (AvgIpc) is 2.36. The second-order valence-corrected chi connectivity index (χ2v) is 4.71. The first-order chi connectivity index (χ1) is 8.65. The SMILES string of the molecule is CN(C)CCC(=O)NC1=Cc2ccccc2NC1. The summed E-state index contributed by atoms with van der Waals surface area (Å²) in [6.45, 7) is 1.44. The van der Waals surface area contributed by atoms with Crippen LogP contribution in [0, 0.1) is 0 Å². The van der Waals surface area contributed by atoms with Crippen LogP contribution < -0.4 is 10.6 Å². The number of hydrogen-bond donors (Lipinski definition) is 2. The Morgan fingerprint density at radius 2 is 2.17 bits per heavy atom. The molecule has 4 nitrogen and oxygen atoms in total. The van der Waals surface area contributed by atoms with Gasteiger partial charge in [-0.05, 0) is 31.8 Å². The summed E-state index contributed by atoms with van der Waals surface area (Å²) in [7, 11) is 3.93. The molecule has 0 spiro atoms. The smallest absolute Gasteiger partial charge is 0.225 e. The predicted octanol–water partition coefficient (Wildman–Crippen LogP) is 1.52. The van der Waals surface area contributed by atoms with Crippen molar-refractivity contribution in [2.45, 2.75) is 6.42 Å². The summed E-state index contributed by atoms with van der Waals surface area (Å²) in [6, 6.07) is 8.07. The lowest BCUT2D eigenvalue weighted by Gasteiger charge is -2.19. The number of para-hydroxylation sites is 1. The van der Waals surface area contributed by atoms with Crippen LogP contribution >= 0.6 is 0 Å². The van der Waals surface area contributed by atoms with Gasteiger partial charge in [0.05, 0.1) is 6.54 Å². The third-order valence-electron chi connectivity index (χ3n) is 2.85. The second-order valence-electron chi connectivity index (χ2n) is 4.71. The molecule has 0 bridgehead atoms. The highest BCUT2D eigenvalue weighted by Crippen LogP contribution is 2.21. The van der Waals surface area contributed by atoms with Gasteiger partial charge in [0.2, 0.25) is 5.91 Å². The van der Waals surface area contributed by atoms with E-state index in [2.05, 4.69) is 10.6 Å². The number of carbonyl (C=O) groups excluding carboxylic acids is 1. The molecule has 18 heavy (non-hydrogen) atoms. The molecule has 2 N–H and O–H groups in total. The molecule has 4 heteroatoms. The number of fused-ring (bicyclic) bond motifs is 1. The summed E-state index contributed by atoms with van der Waals surface area (Å²) in [5.74, 6) is 0.0659. The molecule has 0 unspecified atom stereocenters. The number of carbonyl (C=O) groups is 1. The molecule has 1 aliphatic rings. The third-order valence-corrected chi connectivity index (χ3v) is 2.85. The highest BCUT2D eigenvalue weighted by molar-refractivity contribution is 5.81. The summed E-state index contributed by atoms with van der Waals surface area (Å²) in [5, 5.41) is 6.24. The van der Waals surface area contributed by atoms with Crippen LogP contribution in [0.1, 0.15) is 12.0 Å². The molecule has 0 fully saturated rings. The minimum Gasteiger partial charge on any atom is -0.379 e. The molecule has 0 radical (unpaired) electrons. The molecule has 1 aromatic rings. The summed E-state index contributed by atoms with van der Waals surface area (Å²) >= 11 is 0. The molecular formula is C14H19N3O. The zero-order valence-electron chi connectivity index (χ0n) is 10.9. The number of hydrogen-bond acceptors (Lipinski definition) is 3. The number of anilines is 1. The molecule has 0 saturated carbocycles. The van der Waals surface area contributed by atoms with Crippen LogP contribution in [0.15, 0.2) is 30.0 Å². The monoisotopic (exact) mass is 245 g/mol. The van der Waals surface area contributed by atoms with E-state index in [1.807, 2.05) is 49.3 Å². The Morgan fingerprint density at radius 3 is 2.94 bits per heavy atom. The molecule has 96 valence electrons. The first kappa shape index (κ1) is 12.6. The van der Waals surface area contributed by atoms with Crippen molar-refractivity contribution in [3.63, 3.8) is 0 Å². The van der Waals surface area contributed by atoms with Crippen LogP contribution in [0.25, 0.3) is 6.08 Å². The molecule has 0 aliphatic carbocycles. The summed E-state index contributed by atoms with van der Waals surface area (Å²) < 4.78 is 0. The fourth-order valence-electron chi connectivity index (χ4n) is 1.86.